The molecule has 0 unspecified atom stereocenters. The van der Waals surface area contributed by atoms with Gasteiger partial charge >= 0.3 is 11.8 Å². The Kier molecular flexibility index (Phi) is 8.15. The zero-order chi connectivity index (χ0) is 22.9. The minimum Gasteiger partial charge on any atom is -0.367 e. The predicted molar refractivity (Wildman–Crippen MR) is 122 cm³/mol. The topological polar surface area (TPSA) is 93.8 Å². The van der Waals surface area contributed by atoms with Crippen molar-refractivity contribution in [1.82, 2.24) is 10.2 Å². The zero-order valence-corrected chi connectivity index (χ0v) is 18.1. The summed E-state index contributed by atoms with van der Waals surface area (Å²) in [5.74, 6) is -1.82. The molecule has 0 atom stereocenters. The van der Waals surface area contributed by atoms with Crippen molar-refractivity contribution >= 4 is 34.8 Å². The average Bonchev–Trinajstić information content (AvgIpc) is 2.78. The standard InChI is InChI=1S/C23H28FN5O3/c1-17(30)26-18-7-9-19(10-8-18)27-23(32)22(31)25-11-4-12-28-13-15-29(16-14-28)21-6-3-2-5-20(21)24/h2-3,5-10H,4,11-16H2,1H3,(H,25,31)(H,26,30)(H,27,32). The summed E-state index contributed by atoms with van der Waals surface area (Å²) in [6, 6.07) is 13.3. The summed E-state index contributed by atoms with van der Waals surface area (Å²) in [6.07, 6.45) is 0.712. The summed E-state index contributed by atoms with van der Waals surface area (Å²) >= 11 is 0. The van der Waals surface area contributed by atoms with Gasteiger partial charge in [0.25, 0.3) is 0 Å². The van der Waals surface area contributed by atoms with Crippen LogP contribution in [0.2, 0.25) is 0 Å². The van der Waals surface area contributed by atoms with E-state index in [0.717, 1.165) is 32.7 Å². The van der Waals surface area contributed by atoms with Crippen LogP contribution in [0.4, 0.5) is 21.5 Å². The molecule has 0 saturated carbocycles. The van der Waals surface area contributed by atoms with Gasteiger partial charge in [-0.1, -0.05) is 12.1 Å². The molecule has 3 N–H and O–H groups in total. The molecule has 1 fully saturated rings. The fourth-order valence-electron chi connectivity index (χ4n) is 3.53. The largest absolute Gasteiger partial charge is 0.367 e. The minimum absolute atomic E-state index is 0.187. The molecule has 0 aliphatic carbocycles. The van der Waals surface area contributed by atoms with Crippen LogP contribution in [0.5, 0.6) is 0 Å². The molecule has 170 valence electrons. The summed E-state index contributed by atoms with van der Waals surface area (Å²) in [7, 11) is 0. The highest BCUT2D eigenvalue weighted by Crippen LogP contribution is 2.20. The van der Waals surface area contributed by atoms with Gasteiger partial charge in [0.1, 0.15) is 5.82 Å². The molecule has 1 heterocycles. The molecular formula is C23H28FN5O3. The fraction of sp³-hybridized carbons (Fsp3) is 0.348. The third-order valence-corrected chi connectivity index (χ3v) is 5.17. The second-order valence-electron chi connectivity index (χ2n) is 7.60. The van der Waals surface area contributed by atoms with Gasteiger partial charge in [0.15, 0.2) is 0 Å². The molecule has 32 heavy (non-hydrogen) atoms. The molecule has 1 saturated heterocycles. The number of rotatable bonds is 7. The molecule has 2 aromatic rings. The molecule has 3 rings (SSSR count). The number of piperazine rings is 1. The summed E-state index contributed by atoms with van der Waals surface area (Å²) in [5.41, 5.74) is 1.71. The SMILES string of the molecule is CC(=O)Nc1ccc(NC(=O)C(=O)NCCCN2CCN(c3ccccc3F)CC2)cc1. The molecule has 0 aromatic heterocycles. The van der Waals surface area contributed by atoms with Gasteiger partial charge in [-0.05, 0) is 49.4 Å². The van der Waals surface area contributed by atoms with Gasteiger partial charge in [0.2, 0.25) is 5.91 Å². The Morgan fingerprint density at radius 2 is 1.50 bits per heavy atom. The molecule has 2 aromatic carbocycles. The van der Waals surface area contributed by atoms with E-state index in [1.807, 2.05) is 11.0 Å². The normalized spacial score (nSPS) is 14.0. The summed E-state index contributed by atoms with van der Waals surface area (Å²) < 4.78 is 13.9. The van der Waals surface area contributed by atoms with E-state index in [1.54, 1.807) is 36.4 Å². The maximum absolute atomic E-state index is 13.9. The number of hydrogen-bond donors (Lipinski definition) is 3. The third kappa shape index (κ3) is 6.78. The van der Waals surface area contributed by atoms with Crippen molar-refractivity contribution in [3.8, 4) is 0 Å². The van der Waals surface area contributed by atoms with Gasteiger partial charge in [-0.2, -0.15) is 0 Å². The first kappa shape index (κ1) is 23.2. The first-order valence-electron chi connectivity index (χ1n) is 10.6. The molecule has 0 bridgehead atoms. The number of anilines is 3. The van der Waals surface area contributed by atoms with Crippen LogP contribution in [-0.2, 0) is 14.4 Å². The molecule has 1 aliphatic heterocycles. The van der Waals surface area contributed by atoms with Crippen LogP contribution in [-0.4, -0.2) is 61.9 Å². The first-order chi connectivity index (χ1) is 15.4. The molecule has 3 amide bonds. The average molecular weight is 442 g/mol. The Hall–Kier alpha value is -3.46. The minimum atomic E-state index is -0.740. The molecule has 9 heteroatoms. The highest BCUT2D eigenvalue weighted by Gasteiger charge is 2.19. The van der Waals surface area contributed by atoms with Crippen molar-refractivity contribution in [3.05, 3.63) is 54.3 Å². The number of hydrogen-bond acceptors (Lipinski definition) is 5. The van der Waals surface area contributed by atoms with Gasteiger partial charge in [-0.15, -0.1) is 0 Å². The third-order valence-electron chi connectivity index (χ3n) is 5.17. The van der Waals surface area contributed by atoms with Crippen molar-refractivity contribution in [2.45, 2.75) is 13.3 Å². The number of carbonyl (C=O) groups excluding carboxylic acids is 3. The van der Waals surface area contributed by atoms with E-state index < -0.39 is 11.8 Å². The number of nitrogens with zero attached hydrogens (tertiary/aromatic N) is 2. The summed E-state index contributed by atoms with van der Waals surface area (Å²) in [6.45, 7) is 5.71. The Morgan fingerprint density at radius 3 is 2.12 bits per heavy atom. The van der Waals surface area contributed by atoms with Crippen LogP contribution >= 0.6 is 0 Å². The molecule has 0 spiro atoms. The van der Waals surface area contributed by atoms with E-state index in [1.165, 1.54) is 13.0 Å². The highest BCUT2D eigenvalue weighted by atomic mass is 19.1. The van der Waals surface area contributed by atoms with Crippen LogP contribution in [0, 0.1) is 5.82 Å². The van der Waals surface area contributed by atoms with Crippen LogP contribution in [0.3, 0.4) is 0 Å². The molecule has 0 radical (unpaired) electrons. The van der Waals surface area contributed by atoms with Gasteiger partial charge in [-0.3, -0.25) is 19.3 Å². The van der Waals surface area contributed by atoms with Crippen molar-refractivity contribution in [2.75, 3.05) is 54.8 Å². The van der Waals surface area contributed by atoms with E-state index in [-0.39, 0.29) is 11.7 Å². The maximum Gasteiger partial charge on any atom is 0.313 e. The van der Waals surface area contributed by atoms with E-state index >= 15 is 0 Å². The number of carbonyl (C=O) groups is 3. The number of halogens is 1. The predicted octanol–water partition coefficient (Wildman–Crippen LogP) is 2.05. The Labute approximate surface area is 186 Å². The monoisotopic (exact) mass is 441 g/mol. The van der Waals surface area contributed by atoms with Crippen molar-refractivity contribution in [1.29, 1.82) is 0 Å². The van der Waals surface area contributed by atoms with Crippen molar-refractivity contribution < 1.29 is 18.8 Å². The lowest BCUT2D eigenvalue weighted by Crippen LogP contribution is -2.47. The van der Waals surface area contributed by atoms with Crippen LogP contribution in [0.15, 0.2) is 48.5 Å². The second-order valence-corrected chi connectivity index (χ2v) is 7.60. The van der Waals surface area contributed by atoms with Crippen LogP contribution in [0.1, 0.15) is 13.3 Å². The Balaban J connectivity index is 1.32. The van der Waals surface area contributed by atoms with Gasteiger partial charge in [0, 0.05) is 51.0 Å². The number of para-hydroxylation sites is 1. The quantitative estimate of drug-likeness (QED) is 0.452. The van der Waals surface area contributed by atoms with Crippen LogP contribution in [0.25, 0.3) is 0 Å². The Bertz CT molecular complexity index is 943. The van der Waals surface area contributed by atoms with E-state index in [9.17, 15) is 18.8 Å². The van der Waals surface area contributed by atoms with E-state index in [0.29, 0.717) is 30.0 Å². The summed E-state index contributed by atoms with van der Waals surface area (Å²) in [4.78, 5) is 39.4. The van der Waals surface area contributed by atoms with E-state index in [2.05, 4.69) is 20.9 Å². The van der Waals surface area contributed by atoms with E-state index in [4.69, 9.17) is 0 Å². The van der Waals surface area contributed by atoms with Gasteiger partial charge < -0.3 is 20.9 Å². The van der Waals surface area contributed by atoms with Gasteiger partial charge in [-0.25, -0.2) is 4.39 Å². The zero-order valence-electron chi connectivity index (χ0n) is 18.1. The number of amides is 3. The first-order valence-corrected chi connectivity index (χ1v) is 10.6. The summed E-state index contributed by atoms with van der Waals surface area (Å²) in [5, 5.41) is 7.78. The Morgan fingerprint density at radius 1 is 0.875 bits per heavy atom. The maximum atomic E-state index is 13.9. The molecule has 8 nitrogen and oxygen atoms in total. The van der Waals surface area contributed by atoms with Gasteiger partial charge in [0.05, 0.1) is 5.69 Å². The second kappa shape index (κ2) is 11.2. The highest BCUT2D eigenvalue weighted by molar-refractivity contribution is 6.39. The number of benzene rings is 2. The number of nitrogens with one attached hydrogen (secondary N) is 3. The lowest BCUT2D eigenvalue weighted by atomic mass is 10.2. The van der Waals surface area contributed by atoms with Crippen LogP contribution < -0.4 is 20.9 Å². The lowest BCUT2D eigenvalue weighted by Gasteiger charge is -2.36. The lowest BCUT2D eigenvalue weighted by molar-refractivity contribution is -0.136. The van der Waals surface area contributed by atoms with Crippen molar-refractivity contribution in [2.24, 2.45) is 0 Å². The molecule has 1 aliphatic rings. The smallest absolute Gasteiger partial charge is 0.313 e. The van der Waals surface area contributed by atoms with Crippen molar-refractivity contribution in [3.63, 3.8) is 0 Å². The fourth-order valence-corrected chi connectivity index (χ4v) is 3.53. The molecular weight excluding hydrogens is 413 g/mol.